The molecule has 0 atom stereocenters. The molecule has 0 fully saturated rings. The first kappa shape index (κ1) is 20.6. The van der Waals surface area contributed by atoms with E-state index in [1.165, 1.54) is 12.1 Å². The van der Waals surface area contributed by atoms with Gasteiger partial charge in [-0.1, -0.05) is 24.6 Å². The lowest BCUT2D eigenvalue weighted by Gasteiger charge is -2.06. The highest BCUT2D eigenvalue weighted by molar-refractivity contribution is 7.85. The summed E-state index contributed by atoms with van der Waals surface area (Å²) in [7, 11) is 0.105. The van der Waals surface area contributed by atoms with E-state index in [2.05, 4.69) is 24.0 Å². The zero-order valence-corrected chi connectivity index (χ0v) is 14.6. The summed E-state index contributed by atoms with van der Waals surface area (Å²) in [5, 5.41) is 0. The van der Waals surface area contributed by atoms with Crippen molar-refractivity contribution in [2.24, 2.45) is 10.7 Å². The highest BCUT2D eigenvalue weighted by atomic mass is 32.2. The van der Waals surface area contributed by atoms with Crippen LogP contribution in [0.4, 0.5) is 0 Å². The molecular formula is C15H27N3O3S. The third-order valence-electron chi connectivity index (χ3n) is 2.76. The highest BCUT2D eigenvalue weighted by Gasteiger charge is 2.06. The van der Waals surface area contributed by atoms with E-state index >= 15 is 0 Å². The van der Waals surface area contributed by atoms with Crippen LogP contribution in [-0.2, 0) is 10.1 Å². The molecular weight excluding hydrogens is 302 g/mol. The number of benzene rings is 1. The summed E-state index contributed by atoms with van der Waals surface area (Å²) in [5.41, 5.74) is 6.48. The highest BCUT2D eigenvalue weighted by Crippen LogP contribution is 2.08. The zero-order valence-electron chi connectivity index (χ0n) is 13.8. The van der Waals surface area contributed by atoms with E-state index in [1.54, 1.807) is 12.1 Å². The van der Waals surface area contributed by atoms with Gasteiger partial charge in [0.05, 0.1) is 10.7 Å². The molecule has 7 heteroatoms. The number of hydrogen-bond acceptors (Lipinski definition) is 4. The summed E-state index contributed by atoms with van der Waals surface area (Å²) < 4.78 is 29.6. The number of hydrogen-bond donors (Lipinski definition) is 2. The fourth-order valence-corrected chi connectivity index (χ4v) is 1.91. The summed E-state index contributed by atoms with van der Waals surface area (Å²) in [5.74, 6) is 0.767. The minimum absolute atomic E-state index is 0.0666. The van der Waals surface area contributed by atoms with Crippen LogP contribution in [0.1, 0.15) is 25.3 Å². The standard InChI is InChI=1S/C8H19N3.C7H8O3S/c1-4-8(9)10-6-5-7-11(2)3;1-6-2-4-7(5-3-6)11(8,9)10/h4-7H2,1-3H3,(H2,9,10);2-5H,1H3,(H,8,9,10). The normalized spacial score (nSPS) is 12.0. The summed E-state index contributed by atoms with van der Waals surface area (Å²) in [6, 6.07) is 5.99. The van der Waals surface area contributed by atoms with Crippen LogP contribution in [0.25, 0.3) is 0 Å². The van der Waals surface area contributed by atoms with Crippen molar-refractivity contribution in [1.29, 1.82) is 0 Å². The molecule has 0 heterocycles. The number of aliphatic imine (C=N–C) groups is 1. The van der Waals surface area contributed by atoms with Crippen LogP contribution in [0, 0.1) is 6.92 Å². The topological polar surface area (TPSA) is 96.0 Å². The maximum atomic E-state index is 10.5. The van der Waals surface area contributed by atoms with Crippen LogP contribution in [0.3, 0.4) is 0 Å². The van der Waals surface area contributed by atoms with Crippen molar-refractivity contribution >= 4 is 16.0 Å². The molecule has 1 aromatic carbocycles. The predicted octanol–water partition coefficient (Wildman–Crippen LogP) is 1.95. The van der Waals surface area contributed by atoms with Crippen molar-refractivity contribution in [3.63, 3.8) is 0 Å². The Bertz CT molecular complexity index is 552. The minimum Gasteiger partial charge on any atom is -0.387 e. The van der Waals surface area contributed by atoms with Gasteiger partial charge in [0.2, 0.25) is 0 Å². The summed E-state index contributed by atoms with van der Waals surface area (Å²) in [6.45, 7) is 5.80. The van der Waals surface area contributed by atoms with Crippen molar-refractivity contribution in [3.05, 3.63) is 29.8 Å². The Morgan fingerprint density at radius 1 is 1.27 bits per heavy atom. The van der Waals surface area contributed by atoms with Gasteiger partial charge in [0.25, 0.3) is 10.1 Å². The van der Waals surface area contributed by atoms with Gasteiger partial charge in [-0.25, -0.2) is 0 Å². The molecule has 0 saturated heterocycles. The van der Waals surface area contributed by atoms with E-state index in [0.717, 1.165) is 37.3 Å². The Hall–Kier alpha value is -1.44. The molecule has 126 valence electrons. The van der Waals surface area contributed by atoms with Gasteiger partial charge in [-0.15, -0.1) is 0 Å². The van der Waals surface area contributed by atoms with E-state index in [9.17, 15) is 8.42 Å². The van der Waals surface area contributed by atoms with Crippen molar-refractivity contribution in [2.45, 2.75) is 31.6 Å². The van der Waals surface area contributed by atoms with Gasteiger partial charge in [0.1, 0.15) is 0 Å². The van der Waals surface area contributed by atoms with E-state index in [4.69, 9.17) is 10.3 Å². The Labute approximate surface area is 133 Å². The lowest BCUT2D eigenvalue weighted by molar-refractivity contribution is 0.403. The molecule has 0 aliphatic rings. The second kappa shape index (κ2) is 10.3. The number of amidine groups is 1. The first-order chi connectivity index (χ1) is 10.2. The molecule has 1 rings (SSSR count). The summed E-state index contributed by atoms with van der Waals surface area (Å²) >= 11 is 0. The quantitative estimate of drug-likeness (QED) is 0.360. The zero-order chi connectivity index (χ0) is 17.2. The molecule has 22 heavy (non-hydrogen) atoms. The number of nitrogens with zero attached hydrogens (tertiary/aromatic N) is 2. The molecule has 6 nitrogen and oxygen atoms in total. The Balaban J connectivity index is 0.000000401. The van der Waals surface area contributed by atoms with Crippen LogP contribution in [0.5, 0.6) is 0 Å². The molecule has 0 spiro atoms. The number of nitrogens with two attached hydrogens (primary N) is 1. The molecule has 0 radical (unpaired) electrons. The maximum Gasteiger partial charge on any atom is 0.294 e. The van der Waals surface area contributed by atoms with Gasteiger partial charge in [-0.2, -0.15) is 8.42 Å². The first-order valence-corrected chi connectivity index (χ1v) is 8.58. The lowest BCUT2D eigenvalue weighted by atomic mass is 10.2. The minimum atomic E-state index is -4.02. The maximum absolute atomic E-state index is 10.5. The van der Waals surface area contributed by atoms with E-state index in [1.807, 2.05) is 13.8 Å². The second-order valence-corrected chi connectivity index (χ2v) is 6.59. The van der Waals surface area contributed by atoms with Gasteiger partial charge in [0.15, 0.2) is 0 Å². The molecule has 0 aromatic heterocycles. The average Bonchev–Trinajstić information content (AvgIpc) is 2.43. The van der Waals surface area contributed by atoms with Crippen LogP contribution >= 0.6 is 0 Å². The van der Waals surface area contributed by atoms with Crippen LogP contribution < -0.4 is 5.73 Å². The molecule has 3 N–H and O–H groups in total. The Morgan fingerprint density at radius 3 is 2.23 bits per heavy atom. The molecule has 0 bridgehead atoms. The Kier molecular flexibility index (Phi) is 9.64. The Morgan fingerprint density at radius 2 is 1.82 bits per heavy atom. The predicted molar refractivity (Wildman–Crippen MR) is 90.9 cm³/mol. The lowest BCUT2D eigenvalue weighted by Crippen LogP contribution is -2.15. The fourth-order valence-electron chi connectivity index (χ4n) is 1.43. The third-order valence-corrected chi connectivity index (χ3v) is 3.63. The van der Waals surface area contributed by atoms with Gasteiger partial charge in [0, 0.05) is 13.0 Å². The molecule has 0 amide bonds. The van der Waals surface area contributed by atoms with E-state index < -0.39 is 10.1 Å². The van der Waals surface area contributed by atoms with Gasteiger partial charge >= 0.3 is 0 Å². The number of rotatable bonds is 6. The number of aryl methyl sites for hydroxylation is 1. The summed E-state index contributed by atoms with van der Waals surface area (Å²) in [6.07, 6.45) is 1.95. The van der Waals surface area contributed by atoms with Gasteiger partial charge in [-0.3, -0.25) is 9.55 Å². The van der Waals surface area contributed by atoms with Crippen molar-refractivity contribution in [1.82, 2.24) is 4.90 Å². The monoisotopic (exact) mass is 329 g/mol. The molecule has 0 aliphatic heterocycles. The average molecular weight is 329 g/mol. The van der Waals surface area contributed by atoms with Crippen LogP contribution in [-0.4, -0.2) is 50.9 Å². The van der Waals surface area contributed by atoms with E-state index in [0.29, 0.717) is 0 Å². The molecule has 0 aliphatic carbocycles. The first-order valence-electron chi connectivity index (χ1n) is 7.14. The van der Waals surface area contributed by atoms with Gasteiger partial charge in [-0.05, 0) is 46.1 Å². The van der Waals surface area contributed by atoms with Gasteiger partial charge < -0.3 is 10.6 Å². The second-order valence-electron chi connectivity index (χ2n) is 5.17. The van der Waals surface area contributed by atoms with E-state index in [-0.39, 0.29) is 4.90 Å². The fraction of sp³-hybridized carbons (Fsp3) is 0.533. The molecule has 0 unspecified atom stereocenters. The van der Waals surface area contributed by atoms with Crippen molar-refractivity contribution < 1.29 is 13.0 Å². The third kappa shape index (κ3) is 10.3. The van der Waals surface area contributed by atoms with Crippen LogP contribution in [0.2, 0.25) is 0 Å². The van der Waals surface area contributed by atoms with Crippen molar-refractivity contribution in [2.75, 3.05) is 27.2 Å². The van der Waals surface area contributed by atoms with Crippen LogP contribution in [0.15, 0.2) is 34.2 Å². The summed E-state index contributed by atoms with van der Waals surface area (Å²) in [4.78, 5) is 6.27. The van der Waals surface area contributed by atoms with Crippen molar-refractivity contribution in [3.8, 4) is 0 Å². The largest absolute Gasteiger partial charge is 0.387 e. The molecule has 0 saturated carbocycles. The smallest absolute Gasteiger partial charge is 0.294 e. The molecule has 1 aromatic rings. The SMILES string of the molecule is CCC(N)=NCCCN(C)C.Cc1ccc(S(=O)(=O)O)cc1.